The van der Waals surface area contributed by atoms with Gasteiger partial charge in [-0.05, 0) is 39.1 Å². The van der Waals surface area contributed by atoms with E-state index in [0.29, 0.717) is 5.95 Å². The fourth-order valence-electron chi connectivity index (χ4n) is 0.791. The van der Waals surface area contributed by atoms with Crippen LogP contribution in [-0.2, 0) is 9.16 Å². The standard InChI is InChI=1S/C10H22O2Si/c1-6-8-9-11-10(7-2)12-13(3,4)5/h7H,6,8-9H2,1-5H3/b10-7+. The first-order chi connectivity index (χ1) is 5.99. The third-order valence-corrected chi connectivity index (χ3v) is 2.20. The lowest BCUT2D eigenvalue weighted by molar-refractivity contribution is 0.100. The number of allylic oxidation sites excluding steroid dienone is 1. The number of rotatable bonds is 6. The van der Waals surface area contributed by atoms with Crippen LogP contribution in [0.15, 0.2) is 12.0 Å². The molecule has 0 fully saturated rings. The van der Waals surface area contributed by atoms with Gasteiger partial charge >= 0.3 is 0 Å². The summed E-state index contributed by atoms with van der Waals surface area (Å²) in [6, 6.07) is 0. The highest BCUT2D eigenvalue weighted by molar-refractivity contribution is 6.69. The van der Waals surface area contributed by atoms with Gasteiger partial charge in [0.1, 0.15) is 0 Å². The molecule has 0 saturated carbocycles. The van der Waals surface area contributed by atoms with Crippen LogP contribution in [0, 0.1) is 0 Å². The second-order valence-corrected chi connectivity index (χ2v) is 8.45. The zero-order valence-corrected chi connectivity index (χ0v) is 10.5. The molecule has 13 heavy (non-hydrogen) atoms. The molecule has 0 bridgehead atoms. The van der Waals surface area contributed by atoms with Gasteiger partial charge in [0, 0.05) is 0 Å². The van der Waals surface area contributed by atoms with E-state index in [2.05, 4.69) is 26.6 Å². The molecule has 0 aliphatic heterocycles. The van der Waals surface area contributed by atoms with Crippen LogP contribution < -0.4 is 0 Å². The summed E-state index contributed by atoms with van der Waals surface area (Å²) in [5.74, 6) is 0.701. The summed E-state index contributed by atoms with van der Waals surface area (Å²) in [7, 11) is -1.49. The topological polar surface area (TPSA) is 18.5 Å². The van der Waals surface area contributed by atoms with E-state index >= 15 is 0 Å². The minimum Gasteiger partial charge on any atom is -0.520 e. The number of ether oxygens (including phenoxy) is 1. The van der Waals surface area contributed by atoms with E-state index in [1.165, 1.54) is 0 Å². The Morgan fingerprint density at radius 1 is 1.31 bits per heavy atom. The summed E-state index contributed by atoms with van der Waals surface area (Å²) >= 11 is 0. The summed E-state index contributed by atoms with van der Waals surface area (Å²) in [5, 5.41) is 0. The van der Waals surface area contributed by atoms with E-state index in [9.17, 15) is 0 Å². The van der Waals surface area contributed by atoms with E-state index in [1.807, 2.05) is 13.0 Å². The second-order valence-electron chi connectivity index (χ2n) is 4.02. The molecule has 78 valence electrons. The van der Waals surface area contributed by atoms with Crippen molar-refractivity contribution < 1.29 is 9.16 Å². The van der Waals surface area contributed by atoms with Gasteiger partial charge in [-0.1, -0.05) is 13.3 Å². The maximum atomic E-state index is 5.71. The Bertz CT molecular complexity index is 159. The molecule has 0 spiro atoms. The molecule has 0 amide bonds. The van der Waals surface area contributed by atoms with Gasteiger partial charge in [-0.2, -0.15) is 0 Å². The number of hydrogen-bond acceptors (Lipinski definition) is 2. The molecule has 0 rings (SSSR count). The maximum absolute atomic E-state index is 5.71. The Balaban J connectivity index is 3.79. The van der Waals surface area contributed by atoms with Gasteiger partial charge in [-0.3, -0.25) is 0 Å². The highest BCUT2D eigenvalue weighted by Gasteiger charge is 2.17. The minimum absolute atomic E-state index is 0.701. The third-order valence-electron chi connectivity index (χ3n) is 1.38. The normalized spacial score (nSPS) is 12.8. The average Bonchev–Trinajstić information content (AvgIpc) is 2.01. The predicted molar refractivity (Wildman–Crippen MR) is 59.0 cm³/mol. The van der Waals surface area contributed by atoms with Gasteiger partial charge in [-0.15, -0.1) is 0 Å². The van der Waals surface area contributed by atoms with Crippen molar-refractivity contribution in [2.75, 3.05) is 6.61 Å². The van der Waals surface area contributed by atoms with Crippen LogP contribution in [0.4, 0.5) is 0 Å². The molecular formula is C10H22O2Si. The van der Waals surface area contributed by atoms with Crippen LogP contribution in [0.1, 0.15) is 26.7 Å². The molecule has 0 N–H and O–H groups in total. The molecular weight excluding hydrogens is 180 g/mol. The van der Waals surface area contributed by atoms with Crippen LogP contribution in [0.25, 0.3) is 0 Å². The van der Waals surface area contributed by atoms with Gasteiger partial charge in [-0.25, -0.2) is 0 Å². The molecule has 2 nitrogen and oxygen atoms in total. The highest BCUT2D eigenvalue weighted by Crippen LogP contribution is 2.11. The summed E-state index contributed by atoms with van der Waals surface area (Å²) < 4.78 is 11.2. The van der Waals surface area contributed by atoms with E-state index in [1.54, 1.807) is 0 Å². The van der Waals surface area contributed by atoms with Crippen LogP contribution in [0.3, 0.4) is 0 Å². The Kier molecular flexibility index (Phi) is 5.87. The molecule has 0 aliphatic rings. The first-order valence-corrected chi connectivity index (χ1v) is 8.38. The summed E-state index contributed by atoms with van der Waals surface area (Å²) in [4.78, 5) is 0. The molecule has 0 atom stereocenters. The lowest BCUT2D eigenvalue weighted by atomic mass is 10.4. The molecule has 0 aromatic carbocycles. The van der Waals surface area contributed by atoms with Crippen LogP contribution in [0.2, 0.25) is 19.6 Å². The van der Waals surface area contributed by atoms with E-state index < -0.39 is 8.32 Å². The molecule has 0 aliphatic carbocycles. The lowest BCUT2D eigenvalue weighted by Crippen LogP contribution is -2.25. The summed E-state index contributed by atoms with van der Waals surface area (Å²) in [6.45, 7) is 11.3. The van der Waals surface area contributed by atoms with Crippen molar-refractivity contribution in [2.45, 2.75) is 46.3 Å². The van der Waals surface area contributed by atoms with Crippen molar-refractivity contribution in [3.05, 3.63) is 12.0 Å². The third kappa shape index (κ3) is 7.90. The van der Waals surface area contributed by atoms with Gasteiger partial charge < -0.3 is 9.16 Å². The SMILES string of the molecule is C/C=C(\OCCCC)O[Si](C)(C)C. The number of unbranched alkanes of at least 4 members (excludes halogenated alkanes) is 1. The predicted octanol–water partition coefficient (Wildman–Crippen LogP) is 3.52. The van der Waals surface area contributed by atoms with Crippen molar-refractivity contribution in [1.29, 1.82) is 0 Å². The molecule has 0 unspecified atom stereocenters. The van der Waals surface area contributed by atoms with Gasteiger partial charge in [0.25, 0.3) is 5.95 Å². The Labute approximate surface area is 83.1 Å². The Morgan fingerprint density at radius 3 is 2.31 bits per heavy atom. The minimum atomic E-state index is -1.49. The van der Waals surface area contributed by atoms with Crippen molar-refractivity contribution in [1.82, 2.24) is 0 Å². The van der Waals surface area contributed by atoms with Crippen molar-refractivity contribution >= 4 is 8.32 Å². The fourth-order valence-corrected chi connectivity index (χ4v) is 1.57. The second kappa shape index (κ2) is 6.08. The van der Waals surface area contributed by atoms with Crippen LogP contribution in [-0.4, -0.2) is 14.9 Å². The molecule has 0 heterocycles. The maximum Gasteiger partial charge on any atom is 0.260 e. The Hall–Kier alpha value is -0.443. The monoisotopic (exact) mass is 202 g/mol. The summed E-state index contributed by atoms with van der Waals surface area (Å²) in [5.41, 5.74) is 0. The molecule has 0 saturated heterocycles. The van der Waals surface area contributed by atoms with E-state index in [0.717, 1.165) is 19.4 Å². The van der Waals surface area contributed by atoms with Crippen molar-refractivity contribution in [3.8, 4) is 0 Å². The van der Waals surface area contributed by atoms with Gasteiger partial charge in [0.05, 0.1) is 6.61 Å². The fraction of sp³-hybridized carbons (Fsp3) is 0.800. The molecule has 0 aromatic heterocycles. The first kappa shape index (κ1) is 12.6. The van der Waals surface area contributed by atoms with Gasteiger partial charge in [0.15, 0.2) is 0 Å². The smallest absolute Gasteiger partial charge is 0.260 e. The van der Waals surface area contributed by atoms with Crippen LogP contribution >= 0.6 is 0 Å². The summed E-state index contributed by atoms with van der Waals surface area (Å²) in [6.07, 6.45) is 4.14. The Morgan fingerprint density at radius 2 is 1.92 bits per heavy atom. The van der Waals surface area contributed by atoms with Crippen molar-refractivity contribution in [3.63, 3.8) is 0 Å². The molecule has 0 aromatic rings. The molecule has 0 radical (unpaired) electrons. The number of hydrogen-bond donors (Lipinski definition) is 0. The molecule has 3 heteroatoms. The first-order valence-electron chi connectivity index (χ1n) is 4.97. The zero-order chi connectivity index (χ0) is 10.3. The van der Waals surface area contributed by atoms with Crippen LogP contribution in [0.5, 0.6) is 0 Å². The quantitative estimate of drug-likeness (QED) is 0.373. The van der Waals surface area contributed by atoms with Crippen molar-refractivity contribution in [2.24, 2.45) is 0 Å². The highest BCUT2D eigenvalue weighted by atomic mass is 28.4. The average molecular weight is 202 g/mol. The largest absolute Gasteiger partial charge is 0.520 e. The lowest BCUT2D eigenvalue weighted by Gasteiger charge is -2.21. The van der Waals surface area contributed by atoms with E-state index in [4.69, 9.17) is 9.16 Å². The van der Waals surface area contributed by atoms with Gasteiger partial charge in [0.2, 0.25) is 8.32 Å². The van der Waals surface area contributed by atoms with E-state index in [-0.39, 0.29) is 0 Å². The zero-order valence-electron chi connectivity index (χ0n) is 9.52.